The number of benzene rings is 1. The second-order valence-electron chi connectivity index (χ2n) is 3.31. The number of halogens is 3. The zero-order valence-electron chi connectivity index (χ0n) is 8.66. The minimum Gasteiger partial charge on any atom is -0.396 e. The molecule has 1 aromatic rings. The van der Waals surface area contributed by atoms with Crippen LogP contribution in [0.25, 0.3) is 0 Å². The van der Waals surface area contributed by atoms with Crippen molar-refractivity contribution in [2.45, 2.75) is 12.5 Å². The molecule has 0 bridgehead atoms. The third-order valence-electron chi connectivity index (χ3n) is 2.06. The van der Waals surface area contributed by atoms with Crippen molar-refractivity contribution in [3.63, 3.8) is 0 Å². The van der Waals surface area contributed by atoms with Crippen LogP contribution in [0.4, 0.5) is 18.9 Å². The lowest BCUT2D eigenvalue weighted by Crippen LogP contribution is -2.36. The summed E-state index contributed by atoms with van der Waals surface area (Å²) in [4.78, 5) is 11.4. The maximum absolute atomic E-state index is 13.0. The molecule has 1 aromatic carbocycles. The quantitative estimate of drug-likeness (QED) is 0.689. The number of nitrogens with one attached hydrogen (secondary N) is 1. The van der Waals surface area contributed by atoms with Gasteiger partial charge in [-0.3, -0.25) is 4.79 Å². The molecular weight excluding hydrogens is 237 g/mol. The predicted octanol–water partition coefficient (Wildman–Crippen LogP) is 0.764. The molecule has 4 nitrogen and oxygen atoms in total. The Bertz CT molecular complexity index is 413. The van der Waals surface area contributed by atoms with E-state index in [1.807, 2.05) is 5.32 Å². The molecule has 0 fully saturated rings. The summed E-state index contributed by atoms with van der Waals surface area (Å²) in [6.07, 6.45) is -4.92. The molecule has 0 heterocycles. The van der Waals surface area contributed by atoms with E-state index in [-0.39, 0.29) is 11.3 Å². The predicted molar refractivity (Wildman–Crippen MR) is 55.2 cm³/mol. The third kappa shape index (κ3) is 3.35. The van der Waals surface area contributed by atoms with Gasteiger partial charge in [0.2, 0.25) is 0 Å². The molecule has 0 radical (unpaired) electrons. The van der Waals surface area contributed by atoms with E-state index in [0.29, 0.717) is 0 Å². The van der Waals surface area contributed by atoms with Crippen LogP contribution in [0, 0.1) is 5.82 Å². The number of alkyl halides is 2. The minimum absolute atomic E-state index is 0.161. The highest BCUT2D eigenvalue weighted by atomic mass is 19.3. The lowest BCUT2D eigenvalue weighted by Gasteiger charge is -2.11. The van der Waals surface area contributed by atoms with Crippen LogP contribution in [0.2, 0.25) is 0 Å². The number of para-hydroxylation sites is 1. The Morgan fingerprint density at radius 1 is 1.47 bits per heavy atom. The maximum Gasteiger partial charge on any atom is 0.265 e. The van der Waals surface area contributed by atoms with Crippen LogP contribution in [0.5, 0.6) is 0 Å². The Morgan fingerprint density at radius 2 is 2.12 bits per heavy atom. The normalized spacial score (nSPS) is 12.5. The maximum atomic E-state index is 13.0. The lowest BCUT2D eigenvalue weighted by atomic mass is 10.1. The van der Waals surface area contributed by atoms with Crippen LogP contribution in [-0.4, -0.2) is 30.1 Å². The van der Waals surface area contributed by atoms with Gasteiger partial charge < -0.3 is 16.2 Å². The first-order chi connectivity index (χ1) is 7.93. The van der Waals surface area contributed by atoms with Gasteiger partial charge in [0.25, 0.3) is 12.3 Å². The first kappa shape index (κ1) is 13.3. The summed E-state index contributed by atoms with van der Waals surface area (Å²) in [5.41, 5.74) is 4.78. The highest BCUT2D eigenvalue weighted by Crippen LogP contribution is 2.15. The molecule has 7 heteroatoms. The van der Waals surface area contributed by atoms with Crippen molar-refractivity contribution in [1.29, 1.82) is 0 Å². The number of carbonyl (C=O) groups excluding carboxylic acids is 1. The van der Waals surface area contributed by atoms with Gasteiger partial charge in [0, 0.05) is 6.54 Å². The molecule has 1 amide bonds. The van der Waals surface area contributed by atoms with Gasteiger partial charge in [0.1, 0.15) is 11.9 Å². The number of anilines is 1. The monoisotopic (exact) mass is 248 g/mol. The fraction of sp³-hybridized carbons (Fsp3) is 0.300. The van der Waals surface area contributed by atoms with Crippen molar-refractivity contribution in [2.24, 2.45) is 0 Å². The second kappa shape index (κ2) is 5.53. The number of hydrogen-bond acceptors (Lipinski definition) is 3. The smallest absolute Gasteiger partial charge is 0.265 e. The summed E-state index contributed by atoms with van der Waals surface area (Å²) in [5, 5.41) is 10.8. The van der Waals surface area contributed by atoms with Gasteiger partial charge in [-0.25, -0.2) is 13.2 Å². The van der Waals surface area contributed by atoms with E-state index in [2.05, 4.69) is 0 Å². The number of carbonyl (C=O) groups is 1. The van der Waals surface area contributed by atoms with Crippen LogP contribution < -0.4 is 11.1 Å². The Hall–Kier alpha value is -1.76. The number of nitrogens with two attached hydrogens (primary N) is 1. The van der Waals surface area contributed by atoms with Gasteiger partial charge >= 0.3 is 0 Å². The molecule has 0 spiro atoms. The lowest BCUT2D eigenvalue weighted by molar-refractivity contribution is -0.00269. The summed E-state index contributed by atoms with van der Waals surface area (Å²) in [6.45, 7) is -0.632. The summed E-state index contributed by atoms with van der Waals surface area (Å²) in [5.74, 6) is -1.59. The van der Waals surface area contributed by atoms with E-state index < -0.39 is 30.8 Å². The first-order valence-corrected chi connectivity index (χ1v) is 4.72. The third-order valence-corrected chi connectivity index (χ3v) is 2.06. The van der Waals surface area contributed by atoms with Crippen LogP contribution in [-0.2, 0) is 0 Å². The summed E-state index contributed by atoms with van der Waals surface area (Å²) < 4.78 is 36.9. The van der Waals surface area contributed by atoms with Gasteiger partial charge in [-0.1, -0.05) is 6.07 Å². The first-order valence-electron chi connectivity index (χ1n) is 4.72. The topological polar surface area (TPSA) is 75.4 Å². The number of rotatable bonds is 4. The largest absolute Gasteiger partial charge is 0.396 e. The van der Waals surface area contributed by atoms with Crippen molar-refractivity contribution in [2.75, 3.05) is 12.3 Å². The number of amides is 1. The van der Waals surface area contributed by atoms with E-state index in [1.165, 1.54) is 12.1 Å². The molecule has 94 valence electrons. The molecule has 0 aliphatic rings. The number of nitrogen functional groups attached to an aromatic ring is 1. The van der Waals surface area contributed by atoms with E-state index in [9.17, 15) is 18.0 Å². The molecule has 0 aliphatic carbocycles. The SMILES string of the molecule is Nc1c(F)cccc1C(=O)NCC(O)C(F)F. The van der Waals surface area contributed by atoms with Gasteiger partial charge in [-0.2, -0.15) is 0 Å². The van der Waals surface area contributed by atoms with Crippen molar-refractivity contribution >= 4 is 11.6 Å². The number of aliphatic hydroxyl groups is 1. The fourth-order valence-electron chi connectivity index (χ4n) is 1.12. The molecule has 0 aromatic heterocycles. The average molecular weight is 248 g/mol. The highest BCUT2D eigenvalue weighted by molar-refractivity contribution is 5.99. The minimum atomic E-state index is -2.96. The Labute approximate surface area is 95.2 Å². The van der Waals surface area contributed by atoms with Gasteiger partial charge in [-0.15, -0.1) is 0 Å². The Kier molecular flexibility index (Phi) is 4.33. The van der Waals surface area contributed by atoms with Gasteiger partial charge in [0.05, 0.1) is 11.3 Å². The molecule has 1 unspecified atom stereocenters. The fourth-order valence-corrected chi connectivity index (χ4v) is 1.12. The van der Waals surface area contributed by atoms with Crippen molar-refractivity contribution in [3.8, 4) is 0 Å². The van der Waals surface area contributed by atoms with Gasteiger partial charge in [0.15, 0.2) is 0 Å². The zero-order valence-corrected chi connectivity index (χ0v) is 8.66. The zero-order chi connectivity index (χ0) is 13.0. The van der Waals surface area contributed by atoms with Crippen molar-refractivity contribution < 1.29 is 23.1 Å². The van der Waals surface area contributed by atoms with Crippen molar-refractivity contribution in [1.82, 2.24) is 5.32 Å². The molecule has 0 saturated carbocycles. The molecule has 1 rings (SSSR count). The number of aliphatic hydroxyl groups excluding tert-OH is 1. The summed E-state index contributed by atoms with van der Waals surface area (Å²) in [7, 11) is 0. The van der Waals surface area contributed by atoms with Crippen molar-refractivity contribution in [3.05, 3.63) is 29.6 Å². The Morgan fingerprint density at radius 3 is 2.71 bits per heavy atom. The number of hydrogen-bond donors (Lipinski definition) is 3. The van der Waals surface area contributed by atoms with Crippen LogP contribution >= 0.6 is 0 Å². The van der Waals surface area contributed by atoms with Crippen LogP contribution in [0.1, 0.15) is 10.4 Å². The molecule has 17 heavy (non-hydrogen) atoms. The molecular formula is C10H11F3N2O2. The second-order valence-corrected chi connectivity index (χ2v) is 3.31. The highest BCUT2D eigenvalue weighted by Gasteiger charge is 2.19. The van der Waals surface area contributed by atoms with Gasteiger partial charge in [-0.05, 0) is 12.1 Å². The summed E-state index contributed by atoms with van der Waals surface area (Å²) in [6, 6.07) is 3.59. The van der Waals surface area contributed by atoms with E-state index in [0.717, 1.165) is 6.07 Å². The van der Waals surface area contributed by atoms with Crippen LogP contribution in [0.15, 0.2) is 18.2 Å². The molecule has 0 saturated heterocycles. The molecule has 1 atom stereocenters. The van der Waals surface area contributed by atoms with E-state index >= 15 is 0 Å². The standard InChI is InChI=1S/C10H11F3N2O2/c11-6-3-1-2-5(8(6)14)10(17)15-4-7(16)9(12)13/h1-3,7,9,16H,4,14H2,(H,15,17). The summed E-state index contributed by atoms with van der Waals surface area (Å²) >= 11 is 0. The molecule has 0 aliphatic heterocycles. The Balaban J connectivity index is 2.68. The van der Waals surface area contributed by atoms with Crippen LogP contribution in [0.3, 0.4) is 0 Å². The van der Waals surface area contributed by atoms with E-state index in [1.54, 1.807) is 0 Å². The molecule has 4 N–H and O–H groups in total. The average Bonchev–Trinajstić information content (AvgIpc) is 2.29. The van der Waals surface area contributed by atoms with E-state index in [4.69, 9.17) is 10.8 Å².